The predicted octanol–water partition coefficient (Wildman–Crippen LogP) is 0.486. The van der Waals surface area contributed by atoms with Crippen molar-refractivity contribution in [3.8, 4) is 0 Å². The molecule has 0 radical (unpaired) electrons. The minimum Gasteiger partial charge on any atom is -0.478 e. The Hall–Kier alpha value is -2.19. The molecule has 0 atom stereocenters. The maximum absolute atomic E-state index is 11.1. The zero-order chi connectivity index (χ0) is 13.9. The average Bonchev–Trinajstić information content (AvgIpc) is 2.24. The average molecular weight is 272 g/mol. The number of rotatable bonds is 4. The molecule has 96 valence electrons. The van der Waals surface area contributed by atoms with Crippen LogP contribution in [0.4, 0.5) is 0 Å². The smallest absolute Gasteiger partial charge is 0.336 e. The molecule has 0 aliphatic carbocycles. The zero-order valence-corrected chi connectivity index (χ0v) is 9.59. The van der Waals surface area contributed by atoms with Crippen molar-refractivity contribution in [1.82, 2.24) is 0 Å². The number of carboxylic acid groups (broad SMARTS) is 2. The third kappa shape index (κ3) is 3.15. The van der Waals surface area contributed by atoms with Crippen molar-refractivity contribution in [2.75, 3.05) is 0 Å². The fourth-order valence-corrected chi connectivity index (χ4v) is 2.00. The SMILES string of the molecule is O=C(O)/C=C(\C(=O)O)c1ccccc1S(=O)(=O)O. The van der Waals surface area contributed by atoms with Crippen LogP contribution in [0.5, 0.6) is 0 Å². The maximum Gasteiger partial charge on any atom is 0.336 e. The second kappa shape index (κ2) is 4.98. The number of aliphatic carboxylic acids is 2. The topological polar surface area (TPSA) is 129 Å². The zero-order valence-electron chi connectivity index (χ0n) is 8.77. The van der Waals surface area contributed by atoms with Crippen molar-refractivity contribution < 1.29 is 32.8 Å². The molecule has 8 heteroatoms. The van der Waals surface area contributed by atoms with Crippen molar-refractivity contribution in [2.45, 2.75) is 4.90 Å². The summed E-state index contributed by atoms with van der Waals surface area (Å²) in [5.41, 5.74) is -1.13. The van der Waals surface area contributed by atoms with Crippen LogP contribution in [0.3, 0.4) is 0 Å². The van der Waals surface area contributed by atoms with Gasteiger partial charge in [0.05, 0.1) is 5.57 Å². The van der Waals surface area contributed by atoms with Crippen molar-refractivity contribution in [3.63, 3.8) is 0 Å². The van der Waals surface area contributed by atoms with Gasteiger partial charge in [-0.15, -0.1) is 0 Å². The molecule has 0 aliphatic rings. The van der Waals surface area contributed by atoms with Crippen molar-refractivity contribution in [1.29, 1.82) is 0 Å². The molecular weight excluding hydrogens is 264 g/mol. The highest BCUT2D eigenvalue weighted by atomic mass is 32.2. The molecule has 0 saturated heterocycles. The second-order valence-corrected chi connectivity index (χ2v) is 4.56. The van der Waals surface area contributed by atoms with Crippen molar-refractivity contribution in [3.05, 3.63) is 35.9 Å². The number of carboxylic acids is 2. The van der Waals surface area contributed by atoms with Crippen molar-refractivity contribution in [2.24, 2.45) is 0 Å². The van der Waals surface area contributed by atoms with Gasteiger partial charge in [-0.1, -0.05) is 18.2 Å². The lowest BCUT2D eigenvalue weighted by atomic mass is 10.1. The van der Waals surface area contributed by atoms with E-state index in [-0.39, 0.29) is 0 Å². The molecule has 0 fully saturated rings. The highest BCUT2D eigenvalue weighted by Crippen LogP contribution is 2.23. The van der Waals surface area contributed by atoms with Gasteiger partial charge in [0, 0.05) is 11.6 Å². The summed E-state index contributed by atoms with van der Waals surface area (Å²) in [4.78, 5) is 20.7. The summed E-state index contributed by atoms with van der Waals surface area (Å²) in [5, 5.41) is 17.4. The van der Waals surface area contributed by atoms with Crippen LogP contribution in [0.15, 0.2) is 35.2 Å². The van der Waals surface area contributed by atoms with Gasteiger partial charge < -0.3 is 10.2 Å². The second-order valence-electron chi connectivity index (χ2n) is 3.17. The lowest BCUT2D eigenvalue weighted by Gasteiger charge is -2.06. The molecule has 3 N–H and O–H groups in total. The van der Waals surface area contributed by atoms with Gasteiger partial charge in [-0.25, -0.2) is 9.59 Å². The Morgan fingerprint density at radius 2 is 1.67 bits per heavy atom. The van der Waals surface area contributed by atoms with E-state index in [0.717, 1.165) is 12.1 Å². The molecule has 0 saturated carbocycles. The fraction of sp³-hybridized carbons (Fsp3) is 0. The van der Waals surface area contributed by atoms with Gasteiger partial charge in [-0.3, -0.25) is 4.55 Å². The first-order valence-corrected chi connectivity index (χ1v) is 5.92. The van der Waals surface area contributed by atoms with Gasteiger partial charge in [0.2, 0.25) is 0 Å². The molecule has 0 amide bonds. The lowest BCUT2D eigenvalue weighted by Crippen LogP contribution is -2.08. The summed E-state index contributed by atoms with van der Waals surface area (Å²) in [6.07, 6.45) is 0.354. The Morgan fingerprint density at radius 1 is 1.11 bits per heavy atom. The normalized spacial score (nSPS) is 12.2. The molecule has 0 aliphatic heterocycles. The summed E-state index contributed by atoms with van der Waals surface area (Å²) in [7, 11) is -4.64. The molecule has 1 aromatic carbocycles. The monoisotopic (exact) mass is 272 g/mol. The Labute approximate surface area is 102 Å². The van der Waals surface area contributed by atoms with Crippen molar-refractivity contribution >= 4 is 27.6 Å². The van der Waals surface area contributed by atoms with Crippen LogP contribution >= 0.6 is 0 Å². The quantitative estimate of drug-likeness (QED) is 0.537. The Kier molecular flexibility index (Phi) is 3.84. The van der Waals surface area contributed by atoms with Gasteiger partial charge in [-0.2, -0.15) is 8.42 Å². The Bertz CT molecular complexity index is 627. The maximum atomic E-state index is 11.1. The summed E-state index contributed by atoms with van der Waals surface area (Å²) in [5.74, 6) is -3.16. The Balaban J connectivity index is 3.58. The highest BCUT2D eigenvalue weighted by Gasteiger charge is 2.21. The van der Waals surface area contributed by atoms with E-state index in [2.05, 4.69) is 0 Å². The predicted molar refractivity (Wildman–Crippen MR) is 59.5 cm³/mol. The molecule has 0 heterocycles. The van der Waals surface area contributed by atoms with E-state index in [0.29, 0.717) is 6.08 Å². The molecule has 1 aromatic rings. The van der Waals surface area contributed by atoms with Crippen LogP contribution in [0.25, 0.3) is 5.57 Å². The third-order valence-corrected chi connectivity index (χ3v) is 2.87. The first-order valence-electron chi connectivity index (χ1n) is 4.48. The molecule has 0 spiro atoms. The highest BCUT2D eigenvalue weighted by molar-refractivity contribution is 7.86. The molecular formula is C10H8O7S. The fourth-order valence-electron chi connectivity index (χ4n) is 1.29. The van der Waals surface area contributed by atoms with Crippen LogP contribution in [-0.4, -0.2) is 35.1 Å². The van der Waals surface area contributed by atoms with E-state index in [1.54, 1.807) is 0 Å². The largest absolute Gasteiger partial charge is 0.478 e. The van der Waals surface area contributed by atoms with Gasteiger partial charge in [0.15, 0.2) is 0 Å². The van der Waals surface area contributed by atoms with Crippen LogP contribution in [0.2, 0.25) is 0 Å². The number of hydrogen-bond acceptors (Lipinski definition) is 4. The lowest BCUT2D eigenvalue weighted by molar-refractivity contribution is -0.133. The first kappa shape index (κ1) is 13.9. The van der Waals surface area contributed by atoms with Gasteiger partial charge in [0.1, 0.15) is 4.90 Å². The van der Waals surface area contributed by atoms with Crippen LogP contribution < -0.4 is 0 Å². The summed E-state index contributed by atoms with van der Waals surface area (Å²) < 4.78 is 31.0. The first-order chi connectivity index (χ1) is 8.23. The van der Waals surface area contributed by atoms with E-state index < -0.39 is 38.1 Å². The van der Waals surface area contributed by atoms with E-state index in [9.17, 15) is 18.0 Å². The summed E-state index contributed by atoms with van der Waals surface area (Å²) >= 11 is 0. The number of benzene rings is 1. The van der Waals surface area contributed by atoms with Crippen LogP contribution in [0.1, 0.15) is 5.56 Å². The molecule has 18 heavy (non-hydrogen) atoms. The van der Waals surface area contributed by atoms with Gasteiger partial charge in [-0.05, 0) is 6.07 Å². The van der Waals surface area contributed by atoms with E-state index >= 15 is 0 Å². The number of hydrogen-bond donors (Lipinski definition) is 3. The molecule has 7 nitrogen and oxygen atoms in total. The minimum absolute atomic E-state index is 0.354. The van der Waals surface area contributed by atoms with Gasteiger partial charge in [0.25, 0.3) is 10.1 Å². The molecule has 0 unspecified atom stereocenters. The number of carbonyl (C=O) groups is 2. The molecule has 0 bridgehead atoms. The molecule has 0 aromatic heterocycles. The van der Waals surface area contributed by atoms with E-state index in [4.69, 9.17) is 14.8 Å². The minimum atomic E-state index is -4.64. The van der Waals surface area contributed by atoms with Crippen LogP contribution in [-0.2, 0) is 19.7 Å². The van der Waals surface area contributed by atoms with E-state index in [1.807, 2.05) is 0 Å². The summed E-state index contributed by atoms with van der Waals surface area (Å²) in [6.45, 7) is 0. The van der Waals surface area contributed by atoms with E-state index in [1.165, 1.54) is 12.1 Å². The summed E-state index contributed by atoms with van der Waals surface area (Å²) in [6, 6.07) is 4.66. The standard InChI is InChI=1S/C10H8O7S/c11-9(12)5-7(10(13)14)6-3-1-2-4-8(6)18(15,16)17/h1-5H,(H,11,12)(H,13,14)(H,15,16,17)/b7-5-. The third-order valence-electron chi connectivity index (χ3n) is 1.95. The van der Waals surface area contributed by atoms with Crippen LogP contribution in [0, 0.1) is 0 Å². The van der Waals surface area contributed by atoms with Gasteiger partial charge >= 0.3 is 11.9 Å². The Morgan fingerprint density at radius 3 is 2.11 bits per heavy atom. The molecule has 1 rings (SSSR count).